The molecule has 0 amide bonds. The third-order valence-electron chi connectivity index (χ3n) is 1.76. The largest absolute Gasteiger partial charge is 0.416 e. The molecule has 0 aliphatic carbocycles. The molecule has 0 aliphatic heterocycles. The van der Waals surface area contributed by atoms with Crippen LogP contribution in [-0.2, 0) is 11.0 Å². The number of benzene rings is 1. The van der Waals surface area contributed by atoms with Crippen molar-refractivity contribution in [1.82, 2.24) is 5.48 Å². The van der Waals surface area contributed by atoms with E-state index in [0.717, 1.165) is 12.1 Å². The summed E-state index contributed by atoms with van der Waals surface area (Å²) >= 11 is 0. The Kier molecular flexibility index (Phi) is 3.36. The Labute approximate surface area is 85.3 Å². The van der Waals surface area contributed by atoms with Gasteiger partial charge >= 0.3 is 6.18 Å². The van der Waals surface area contributed by atoms with Gasteiger partial charge in [-0.3, -0.25) is 10.3 Å². The van der Waals surface area contributed by atoms with Gasteiger partial charge in [-0.15, -0.1) is 0 Å². The van der Waals surface area contributed by atoms with Crippen LogP contribution in [-0.4, -0.2) is 7.11 Å². The highest BCUT2D eigenvalue weighted by molar-refractivity contribution is 5.61. The van der Waals surface area contributed by atoms with E-state index in [-0.39, 0.29) is 5.70 Å². The van der Waals surface area contributed by atoms with Crippen LogP contribution in [0.3, 0.4) is 0 Å². The summed E-state index contributed by atoms with van der Waals surface area (Å²) < 4.78 is 37.0. The van der Waals surface area contributed by atoms with Crippen LogP contribution in [0.5, 0.6) is 0 Å². The van der Waals surface area contributed by atoms with Crippen molar-refractivity contribution in [3.05, 3.63) is 42.0 Å². The van der Waals surface area contributed by atoms with Gasteiger partial charge in [0, 0.05) is 0 Å². The molecule has 0 bridgehead atoms. The second-order valence-electron chi connectivity index (χ2n) is 2.86. The Morgan fingerprint density at radius 2 is 2.07 bits per heavy atom. The molecule has 0 heterocycles. The van der Waals surface area contributed by atoms with E-state index in [1.807, 2.05) is 0 Å². The first-order valence-electron chi connectivity index (χ1n) is 4.10. The molecule has 1 rings (SSSR count). The van der Waals surface area contributed by atoms with Crippen LogP contribution in [0.4, 0.5) is 13.2 Å². The number of alkyl halides is 3. The highest BCUT2D eigenvalue weighted by Crippen LogP contribution is 2.30. The van der Waals surface area contributed by atoms with Crippen molar-refractivity contribution in [2.24, 2.45) is 0 Å². The first-order chi connectivity index (χ1) is 6.95. The molecule has 0 atom stereocenters. The highest BCUT2D eigenvalue weighted by Gasteiger charge is 2.30. The van der Waals surface area contributed by atoms with Gasteiger partial charge in [0.25, 0.3) is 0 Å². The van der Waals surface area contributed by atoms with Crippen molar-refractivity contribution in [2.45, 2.75) is 6.18 Å². The number of hydrogen-bond acceptors (Lipinski definition) is 2. The lowest BCUT2D eigenvalue weighted by Gasteiger charge is -2.10. The van der Waals surface area contributed by atoms with Crippen LogP contribution in [0.15, 0.2) is 30.8 Å². The second kappa shape index (κ2) is 4.35. The van der Waals surface area contributed by atoms with E-state index in [1.54, 1.807) is 0 Å². The van der Waals surface area contributed by atoms with Gasteiger partial charge in [-0.2, -0.15) is 13.2 Å². The van der Waals surface area contributed by atoms with Gasteiger partial charge < -0.3 is 0 Å². The summed E-state index contributed by atoms with van der Waals surface area (Å²) in [6.45, 7) is 3.53. The fourth-order valence-electron chi connectivity index (χ4n) is 1.07. The number of hydroxylamine groups is 1. The van der Waals surface area contributed by atoms with Gasteiger partial charge in [0.2, 0.25) is 0 Å². The Bertz CT molecular complexity index is 360. The topological polar surface area (TPSA) is 21.3 Å². The fraction of sp³-hybridized carbons (Fsp3) is 0.200. The molecule has 0 saturated heterocycles. The minimum atomic E-state index is -4.34. The molecule has 0 radical (unpaired) electrons. The molecule has 0 saturated carbocycles. The Morgan fingerprint density at radius 1 is 1.40 bits per heavy atom. The Morgan fingerprint density at radius 3 is 2.60 bits per heavy atom. The zero-order valence-electron chi connectivity index (χ0n) is 8.06. The van der Waals surface area contributed by atoms with E-state index >= 15 is 0 Å². The van der Waals surface area contributed by atoms with Crippen LogP contribution < -0.4 is 5.48 Å². The summed E-state index contributed by atoms with van der Waals surface area (Å²) in [7, 11) is 1.36. The number of rotatable bonds is 3. The second-order valence-corrected chi connectivity index (χ2v) is 2.86. The zero-order valence-corrected chi connectivity index (χ0v) is 8.06. The van der Waals surface area contributed by atoms with Gasteiger partial charge in [0.15, 0.2) is 0 Å². The zero-order chi connectivity index (χ0) is 11.5. The SMILES string of the molecule is C=C(NOC)c1cccc(C(F)(F)F)c1. The van der Waals surface area contributed by atoms with Gasteiger partial charge in [0.1, 0.15) is 0 Å². The van der Waals surface area contributed by atoms with Crippen LogP contribution in [0, 0.1) is 0 Å². The first kappa shape index (κ1) is 11.6. The molecule has 0 aromatic heterocycles. The molecule has 82 valence electrons. The maximum atomic E-state index is 12.3. The maximum Gasteiger partial charge on any atom is 0.416 e. The average molecular weight is 217 g/mol. The maximum absolute atomic E-state index is 12.3. The van der Waals surface area contributed by atoms with Gasteiger partial charge in [-0.25, -0.2) is 0 Å². The van der Waals surface area contributed by atoms with Crippen molar-refractivity contribution in [3.8, 4) is 0 Å². The van der Waals surface area contributed by atoms with E-state index in [4.69, 9.17) is 0 Å². The van der Waals surface area contributed by atoms with Crippen molar-refractivity contribution in [2.75, 3.05) is 7.11 Å². The highest BCUT2D eigenvalue weighted by atomic mass is 19.4. The van der Waals surface area contributed by atoms with Crippen molar-refractivity contribution in [3.63, 3.8) is 0 Å². The molecule has 5 heteroatoms. The predicted molar refractivity (Wildman–Crippen MR) is 50.6 cm³/mol. The molecule has 0 aliphatic rings. The Hall–Kier alpha value is -1.49. The van der Waals surface area contributed by atoms with Crippen LogP contribution in [0.1, 0.15) is 11.1 Å². The summed E-state index contributed by atoms with van der Waals surface area (Å²) in [6, 6.07) is 4.85. The van der Waals surface area contributed by atoms with Gasteiger partial charge in [-0.1, -0.05) is 18.7 Å². The first-order valence-corrected chi connectivity index (χ1v) is 4.10. The molecule has 0 spiro atoms. The summed E-state index contributed by atoms with van der Waals surface area (Å²) in [4.78, 5) is 4.55. The van der Waals surface area contributed by atoms with E-state index in [2.05, 4.69) is 16.9 Å². The summed E-state index contributed by atoms with van der Waals surface area (Å²) in [5, 5.41) is 0. The van der Waals surface area contributed by atoms with Gasteiger partial charge in [-0.05, 0) is 17.7 Å². The molecule has 1 N–H and O–H groups in total. The van der Waals surface area contributed by atoms with E-state index < -0.39 is 11.7 Å². The molecular formula is C10H10F3NO. The smallest absolute Gasteiger partial charge is 0.279 e. The molecule has 0 unspecified atom stereocenters. The van der Waals surface area contributed by atoms with Crippen molar-refractivity contribution >= 4 is 5.70 Å². The summed E-state index contributed by atoms with van der Waals surface area (Å²) in [5.41, 5.74) is 2.29. The van der Waals surface area contributed by atoms with Crippen LogP contribution in [0.2, 0.25) is 0 Å². The molecule has 0 fully saturated rings. The monoisotopic (exact) mass is 217 g/mol. The molecule has 1 aromatic rings. The Balaban J connectivity index is 2.98. The molecular weight excluding hydrogens is 207 g/mol. The minimum absolute atomic E-state index is 0.281. The predicted octanol–water partition coefficient (Wildman–Crippen LogP) is 2.83. The third-order valence-corrected chi connectivity index (χ3v) is 1.76. The standard InChI is InChI=1S/C10H10F3NO/c1-7(14-15-2)8-4-3-5-9(6-8)10(11,12)13/h3-6,14H,1H2,2H3. The van der Waals surface area contributed by atoms with E-state index in [0.29, 0.717) is 5.56 Å². The summed E-state index contributed by atoms with van der Waals surface area (Å²) in [5.74, 6) is 0. The number of hydrogen-bond donors (Lipinski definition) is 1. The molecule has 15 heavy (non-hydrogen) atoms. The average Bonchev–Trinajstić information content (AvgIpc) is 2.17. The minimum Gasteiger partial charge on any atom is -0.279 e. The van der Waals surface area contributed by atoms with Crippen LogP contribution in [0.25, 0.3) is 5.70 Å². The summed E-state index contributed by atoms with van der Waals surface area (Å²) in [6.07, 6.45) is -4.34. The lowest BCUT2D eigenvalue weighted by atomic mass is 10.1. The van der Waals surface area contributed by atoms with Crippen LogP contribution >= 0.6 is 0 Å². The lowest BCUT2D eigenvalue weighted by Crippen LogP contribution is -2.10. The number of nitrogens with one attached hydrogen (secondary N) is 1. The normalized spacial score (nSPS) is 11.2. The lowest BCUT2D eigenvalue weighted by molar-refractivity contribution is -0.137. The molecule has 2 nitrogen and oxygen atoms in total. The van der Waals surface area contributed by atoms with Crippen molar-refractivity contribution < 1.29 is 18.0 Å². The van der Waals surface area contributed by atoms with E-state index in [1.165, 1.54) is 19.2 Å². The quantitative estimate of drug-likeness (QED) is 0.786. The number of halogens is 3. The van der Waals surface area contributed by atoms with Crippen molar-refractivity contribution in [1.29, 1.82) is 0 Å². The third kappa shape index (κ3) is 2.99. The fourth-order valence-corrected chi connectivity index (χ4v) is 1.07. The molecule has 1 aromatic carbocycles. The van der Waals surface area contributed by atoms with E-state index in [9.17, 15) is 13.2 Å². The van der Waals surface area contributed by atoms with Gasteiger partial charge in [0.05, 0.1) is 18.4 Å².